The van der Waals surface area contributed by atoms with Crippen molar-refractivity contribution in [2.24, 2.45) is 10.9 Å². The van der Waals surface area contributed by atoms with Gasteiger partial charge in [0.15, 0.2) is 5.17 Å². The van der Waals surface area contributed by atoms with Gasteiger partial charge in [-0.2, -0.15) is 0 Å². The van der Waals surface area contributed by atoms with Gasteiger partial charge in [0.1, 0.15) is 26.1 Å². The van der Waals surface area contributed by atoms with Gasteiger partial charge in [0.2, 0.25) is 0 Å². The molecule has 2 aromatic rings. The molecule has 0 bridgehead atoms. The third-order valence-corrected chi connectivity index (χ3v) is 6.77. The molecule has 0 spiro atoms. The van der Waals surface area contributed by atoms with Crippen LogP contribution in [0.25, 0.3) is 0 Å². The van der Waals surface area contributed by atoms with Gasteiger partial charge < -0.3 is 4.74 Å². The summed E-state index contributed by atoms with van der Waals surface area (Å²) in [5.74, 6) is -0.678. The summed E-state index contributed by atoms with van der Waals surface area (Å²) in [6.45, 7) is 0.140. The highest BCUT2D eigenvalue weighted by molar-refractivity contribution is 8.13. The van der Waals surface area contributed by atoms with Crippen molar-refractivity contribution in [2.75, 3.05) is 5.75 Å². The molecule has 1 aliphatic carbocycles. The first-order valence-electron chi connectivity index (χ1n) is 9.93. The van der Waals surface area contributed by atoms with Crippen LogP contribution in [0.4, 0.5) is 13.6 Å². The average molecular weight is 426 g/mol. The fourth-order valence-corrected chi connectivity index (χ4v) is 5.40. The SMILES string of the molecule is [B]c1cc([C@]23CCCC[C@H]2CSC(NC(=O)OCc2ccccc2)=N3)c(F)cc1F. The van der Waals surface area contributed by atoms with E-state index in [1.165, 1.54) is 17.8 Å². The lowest BCUT2D eigenvalue weighted by Crippen LogP contribution is -2.45. The monoisotopic (exact) mass is 426 g/mol. The first-order valence-corrected chi connectivity index (χ1v) is 10.9. The van der Waals surface area contributed by atoms with E-state index in [0.29, 0.717) is 22.9 Å². The predicted molar refractivity (Wildman–Crippen MR) is 115 cm³/mol. The van der Waals surface area contributed by atoms with Crippen LogP contribution >= 0.6 is 11.8 Å². The number of nitrogens with zero attached hydrogens (tertiary/aromatic N) is 1. The maximum atomic E-state index is 14.8. The number of fused-ring (bicyclic) bond motifs is 1. The number of benzene rings is 2. The molecule has 2 atom stereocenters. The Morgan fingerprint density at radius 1 is 1.23 bits per heavy atom. The van der Waals surface area contributed by atoms with Crippen LogP contribution in [0.2, 0.25) is 0 Å². The van der Waals surface area contributed by atoms with Crippen LogP contribution in [-0.4, -0.2) is 24.9 Å². The third kappa shape index (κ3) is 4.24. The van der Waals surface area contributed by atoms with Crippen LogP contribution in [0, 0.1) is 17.6 Å². The molecule has 1 N–H and O–H groups in total. The van der Waals surface area contributed by atoms with E-state index in [1.807, 2.05) is 30.3 Å². The summed E-state index contributed by atoms with van der Waals surface area (Å²) < 4.78 is 33.8. The Bertz CT molecular complexity index is 973. The van der Waals surface area contributed by atoms with Crippen molar-refractivity contribution < 1.29 is 18.3 Å². The Labute approximate surface area is 179 Å². The number of rotatable bonds is 3. The number of carbonyl (C=O) groups is 1. The molecule has 1 aliphatic heterocycles. The van der Waals surface area contributed by atoms with Crippen LogP contribution in [-0.2, 0) is 16.9 Å². The third-order valence-electron chi connectivity index (χ3n) is 5.73. The van der Waals surface area contributed by atoms with Gasteiger partial charge in [0.05, 0.1) is 5.54 Å². The number of hydrogen-bond donors (Lipinski definition) is 1. The number of halogens is 2. The van der Waals surface area contributed by atoms with Crippen molar-refractivity contribution in [3.05, 3.63) is 65.2 Å². The van der Waals surface area contributed by atoms with E-state index in [9.17, 15) is 13.6 Å². The normalized spacial score (nSPS) is 23.3. The highest BCUT2D eigenvalue weighted by atomic mass is 32.2. The van der Waals surface area contributed by atoms with E-state index in [1.54, 1.807) is 0 Å². The van der Waals surface area contributed by atoms with E-state index >= 15 is 0 Å². The fourth-order valence-electron chi connectivity index (χ4n) is 4.21. The van der Waals surface area contributed by atoms with Crippen LogP contribution in [0.3, 0.4) is 0 Å². The summed E-state index contributed by atoms with van der Waals surface area (Å²) in [6, 6.07) is 11.5. The molecule has 1 saturated carbocycles. The zero-order chi connectivity index (χ0) is 21.1. The maximum absolute atomic E-state index is 14.8. The van der Waals surface area contributed by atoms with Crippen molar-refractivity contribution in [3.8, 4) is 0 Å². The second kappa shape index (κ2) is 8.80. The number of ether oxygens (including phenoxy) is 1. The van der Waals surface area contributed by atoms with Crippen LogP contribution < -0.4 is 10.8 Å². The maximum Gasteiger partial charge on any atom is 0.413 e. The van der Waals surface area contributed by atoms with Crippen LogP contribution in [0.5, 0.6) is 0 Å². The van der Waals surface area contributed by atoms with Gasteiger partial charge >= 0.3 is 6.09 Å². The lowest BCUT2D eigenvalue weighted by Gasteiger charge is -2.44. The van der Waals surface area contributed by atoms with Crippen LogP contribution in [0.15, 0.2) is 47.5 Å². The van der Waals surface area contributed by atoms with Crippen LogP contribution in [0.1, 0.15) is 36.8 Å². The van der Waals surface area contributed by atoms with Gasteiger partial charge in [-0.3, -0.25) is 10.3 Å². The quantitative estimate of drug-likeness (QED) is 0.750. The van der Waals surface area contributed by atoms with Gasteiger partial charge in [-0.05, 0) is 24.3 Å². The summed E-state index contributed by atoms with van der Waals surface area (Å²) in [7, 11) is 5.74. The second-order valence-corrected chi connectivity index (χ2v) is 8.64. The van der Waals surface area contributed by atoms with E-state index in [-0.39, 0.29) is 18.0 Å². The lowest BCUT2D eigenvalue weighted by molar-refractivity contribution is 0.145. The lowest BCUT2D eigenvalue weighted by atomic mass is 9.69. The predicted octanol–water partition coefficient (Wildman–Crippen LogP) is 4.17. The number of amides is 1. The molecule has 4 rings (SSSR count). The number of thioether (sulfide) groups is 1. The topological polar surface area (TPSA) is 50.7 Å². The summed E-state index contributed by atoms with van der Waals surface area (Å²) >= 11 is 1.42. The van der Waals surface area contributed by atoms with E-state index in [0.717, 1.165) is 30.9 Å². The number of carbonyl (C=O) groups excluding carboxylic acids is 1. The Hall–Kier alpha value is -2.35. The van der Waals surface area contributed by atoms with Crippen molar-refractivity contribution in [3.63, 3.8) is 0 Å². The molecule has 1 amide bonds. The minimum absolute atomic E-state index is 0.0847. The molecule has 2 aromatic carbocycles. The number of alkyl carbamates (subject to hydrolysis) is 1. The molecule has 1 heterocycles. The molecule has 2 radical (unpaired) electrons. The zero-order valence-corrected chi connectivity index (χ0v) is 17.2. The largest absolute Gasteiger partial charge is 0.444 e. The molecular weight excluding hydrogens is 405 g/mol. The van der Waals surface area contributed by atoms with Gasteiger partial charge in [-0.1, -0.05) is 66.5 Å². The van der Waals surface area contributed by atoms with Crippen molar-refractivity contribution in [1.82, 2.24) is 5.32 Å². The van der Waals surface area contributed by atoms with E-state index in [4.69, 9.17) is 17.6 Å². The molecule has 0 saturated heterocycles. The van der Waals surface area contributed by atoms with Crippen molar-refractivity contribution in [1.29, 1.82) is 0 Å². The molecule has 8 heteroatoms. The number of hydrogen-bond acceptors (Lipinski definition) is 4. The zero-order valence-electron chi connectivity index (χ0n) is 16.4. The Kier molecular flexibility index (Phi) is 6.13. The summed E-state index contributed by atoms with van der Waals surface area (Å²) in [6.07, 6.45) is 2.78. The van der Waals surface area contributed by atoms with Crippen molar-refractivity contribution >= 4 is 36.3 Å². The highest BCUT2D eigenvalue weighted by Crippen LogP contribution is 2.49. The van der Waals surface area contributed by atoms with Crippen molar-refractivity contribution in [2.45, 2.75) is 37.8 Å². The second-order valence-electron chi connectivity index (χ2n) is 7.64. The van der Waals surface area contributed by atoms with Gasteiger partial charge in [-0.25, -0.2) is 13.6 Å². The molecule has 154 valence electrons. The number of nitrogens with one attached hydrogen (secondary N) is 1. The van der Waals surface area contributed by atoms with E-state index < -0.39 is 23.3 Å². The molecule has 1 fully saturated rings. The Balaban J connectivity index is 1.57. The molecule has 0 unspecified atom stereocenters. The smallest absolute Gasteiger partial charge is 0.413 e. The summed E-state index contributed by atoms with van der Waals surface area (Å²) in [5.41, 5.74) is 0.203. The highest BCUT2D eigenvalue weighted by Gasteiger charge is 2.46. The minimum atomic E-state index is -0.864. The molecule has 0 aromatic heterocycles. The molecule has 2 aliphatic rings. The van der Waals surface area contributed by atoms with Gasteiger partial charge in [-0.15, -0.1) is 0 Å². The standard InChI is InChI=1S/C22H21BF2N2O2S/c23-17-10-16(18(24)11-19(17)25)22-9-5-4-8-15(22)13-30-20(27-22)26-21(28)29-12-14-6-2-1-3-7-14/h1-3,6-7,10-11,15H,4-5,8-9,12-13H2,(H,26,27,28)/t15-,22-/m0/s1. The fraction of sp³-hybridized carbons (Fsp3) is 0.364. The molecule has 30 heavy (non-hydrogen) atoms. The number of aliphatic imine (C=N–C) groups is 1. The average Bonchev–Trinajstić information content (AvgIpc) is 2.75. The minimum Gasteiger partial charge on any atom is -0.444 e. The molecule has 4 nitrogen and oxygen atoms in total. The van der Waals surface area contributed by atoms with Gasteiger partial charge in [0, 0.05) is 17.4 Å². The summed E-state index contributed by atoms with van der Waals surface area (Å²) in [5, 5.41) is 3.07. The Morgan fingerprint density at radius 2 is 2.03 bits per heavy atom. The van der Waals surface area contributed by atoms with Gasteiger partial charge in [0.25, 0.3) is 0 Å². The Morgan fingerprint density at radius 3 is 2.83 bits per heavy atom. The first kappa shape index (κ1) is 20.9. The number of amidine groups is 1. The van der Waals surface area contributed by atoms with E-state index in [2.05, 4.69) is 5.32 Å². The molecular formula is C22H21BF2N2O2S. The summed E-state index contributed by atoms with van der Waals surface area (Å²) in [4.78, 5) is 17.1. The first-order chi connectivity index (χ1) is 14.5.